The first kappa shape index (κ1) is 19.6. The number of carbonyl (C=O) groups excluding carboxylic acids is 2. The van der Waals surface area contributed by atoms with E-state index < -0.39 is 0 Å². The number of hydrogen-bond donors (Lipinski definition) is 2. The molecule has 0 aliphatic heterocycles. The van der Waals surface area contributed by atoms with Crippen molar-refractivity contribution in [3.8, 4) is 5.69 Å². The lowest BCUT2D eigenvalue weighted by molar-refractivity contribution is -0.122. The zero-order valence-electron chi connectivity index (χ0n) is 15.7. The Bertz CT molecular complexity index is 951. The molecule has 1 heterocycles. The average molecular weight is 395 g/mol. The standard InChI is InChI=1S/C20H21N5O2S/c1-14-7-6-8-15(2)19(14)23-17(26)11-21-18(27)12-28-20-24-22-13-25(20)16-9-4-3-5-10-16/h3-10,13H,11-12H2,1-2H3,(H,21,27)(H,23,26). The largest absolute Gasteiger partial charge is 0.346 e. The minimum absolute atomic E-state index is 0.0848. The predicted octanol–water partition coefficient (Wildman–Crippen LogP) is 2.73. The molecule has 7 nitrogen and oxygen atoms in total. The smallest absolute Gasteiger partial charge is 0.243 e. The van der Waals surface area contributed by atoms with Crippen molar-refractivity contribution in [1.29, 1.82) is 0 Å². The number of carbonyl (C=O) groups is 2. The fourth-order valence-electron chi connectivity index (χ4n) is 2.64. The van der Waals surface area contributed by atoms with Gasteiger partial charge in [0.1, 0.15) is 6.33 Å². The SMILES string of the molecule is Cc1cccc(C)c1NC(=O)CNC(=O)CSc1nncn1-c1ccccc1. The summed E-state index contributed by atoms with van der Waals surface area (Å²) >= 11 is 1.26. The number of rotatable bonds is 7. The molecular formula is C20H21N5O2S. The predicted molar refractivity (Wildman–Crippen MR) is 110 cm³/mol. The van der Waals surface area contributed by atoms with Gasteiger partial charge in [-0.1, -0.05) is 48.2 Å². The van der Waals surface area contributed by atoms with Crippen LogP contribution >= 0.6 is 11.8 Å². The highest BCUT2D eigenvalue weighted by atomic mass is 32.2. The minimum atomic E-state index is -0.261. The number of nitrogens with one attached hydrogen (secondary N) is 2. The Morgan fingerprint density at radius 2 is 1.71 bits per heavy atom. The molecule has 2 amide bonds. The zero-order chi connectivity index (χ0) is 19.9. The van der Waals surface area contributed by atoms with Gasteiger partial charge in [0.2, 0.25) is 11.8 Å². The van der Waals surface area contributed by atoms with Crippen molar-refractivity contribution >= 4 is 29.3 Å². The molecule has 0 saturated heterocycles. The van der Waals surface area contributed by atoms with Crippen molar-refractivity contribution in [1.82, 2.24) is 20.1 Å². The van der Waals surface area contributed by atoms with Crippen molar-refractivity contribution in [2.75, 3.05) is 17.6 Å². The Kier molecular flexibility index (Phi) is 6.44. The molecule has 3 aromatic rings. The van der Waals surface area contributed by atoms with Crippen molar-refractivity contribution in [2.24, 2.45) is 0 Å². The van der Waals surface area contributed by atoms with Crippen molar-refractivity contribution in [3.05, 3.63) is 66.0 Å². The lowest BCUT2D eigenvalue weighted by Crippen LogP contribution is -2.34. The van der Waals surface area contributed by atoms with E-state index in [1.165, 1.54) is 11.8 Å². The van der Waals surface area contributed by atoms with E-state index in [-0.39, 0.29) is 24.1 Å². The summed E-state index contributed by atoms with van der Waals surface area (Å²) in [5.41, 5.74) is 3.67. The van der Waals surface area contributed by atoms with Crippen LogP contribution in [-0.2, 0) is 9.59 Å². The molecule has 3 rings (SSSR count). The van der Waals surface area contributed by atoms with Gasteiger partial charge in [-0.3, -0.25) is 14.2 Å². The Morgan fingerprint density at radius 3 is 2.43 bits per heavy atom. The highest BCUT2D eigenvalue weighted by Gasteiger charge is 2.12. The lowest BCUT2D eigenvalue weighted by Gasteiger charge is -2.12. The first-order chi connectivity index (χ1) is 13.5. The maximum Gasteiger partial charge on any atom is 0.243 e. The third kappa shape index (κ3) is 4.98. The number of hydrogen-bond acceptors (Lipinski definition) is 5. The Balaban J connectivity index is 1.49. The van der Waals surface area contributed by atoms with Crippen LogP contribution in [0.1, 0.15) is 11.1 Å². The summed E-state index contributed by atoms with van der Waals surface area (Å²) in [5.74, 6) is -0.366. The van der Waals surface area contributed by atoms with E-state index in [9.17, 15) is 9.59 Å². The van der Waals surface area contributed by atoms with E-state index in [0.717, 1.165) is 22.5 Å². The van der Waals surface area contributed by atoms with Gasteiger partial charge in [-0.05, 0) is 37.1 Å². The van der Waals surface area contributed by atoms with Gasteiger partial charge in [-0.15, -0.1) is 10.2 Å². The van der Waals surface area contributed by atoms with Crippen molar-refractivity contribution in [2.45, 2.75) is 19.0 Å². The summed E-state index contributed by atoms with van der Waals surface area (Å²) in [5, 5.41) is 14.1. The maximum absolute atomic E-state index is 12.1. The molecule has 0 aliphatic rings. The summed E-state index contributed by atoms with van der Waals surface area (Å²) in [7, 11) is 0. The van der Waals surface area contributed by atoms with Crippen LogP contribution in [0.5, 0.6) is 0 Å². The molecule has 1 aromatic heterocycles. The molecular weight excluding hydrogens is 374 g/mol. The topological polar surface area (TPSA) is 88.9 Å². The van der Waals surface area contributed by atoms with Crippen LogP contribution in [0.3, 0.4) is 0 Å². The maximum atomic E-state index is 12.1. The number of amides is 2. The van der Waals surface area contributed by atoms with Crippen LogP contribution in [0.2, 0.25) is 0 Å². The number of anilines is 1. The molecule has 0 atom stereocenters. The second-order valence-electron chi connectivity index (χ2n) is 6.20. The summed E-state index contributed by atoms with van der Waals surface area (Å²) in [6, 6.07) is 15.4. The lowest BCUT2D eigenvalue weighted by atomic mass is 10.1. The Hall–Kier alpha value is -3.13. The van der Waals surface area contributed by atoms with Gasteiger partial charge in [0.05, 0.1) is 12.3 Å². The second kappa shape index (κ2) is 9.18. The third-order valence-corrected chi connectivity index (χ3v) is 5.02. The van der Waals surface area contributed by atoms with Crippen LogP contribution in [0, 0.1) is 13.8 Å². The van der Waals surface area contributed by atoms with Gasteiger partial charge in [0.15, 0.2) is 5.16 Å². The van der Waals surface area contributed by atoms with Gasteiger partial charge >= 0.3 is 0 Å². The quantitative estimate of drug-likeness (QED) is 0.601. The highest BCUT2D eigenvalue weighted by Crippen LogP contribution is 2.20. The molecule has 8 heteroatoms. The van der Waals surface area contributed by atoms with Crippen LogP contribution in [0.25, 0.3) is 5.69 Å². The molecule has 0 radical (unpaired) electrons. The molecule has 0 saturated carbocycles. The highest BCUT2D eigenvalue weighted by molar-refractivity contribution is 7.99. The molecule has 0 aliphatic carbocycles. The number of aromatic nitrogens is 3. The van der Waals surface area contributed by atoms with Crippen LogP contribution in [0.4, 0.5) is 5.69 Å². The van der Waals surface area contributed by atoms with Crippen LogP contribution in [-0.4, -0.2) is 38.9 Å². The van der Waals surface area contributed by atoms with Crippen molar-refractivity contribution in [3.63, 3.8) is 0 Å². The normalized spacial score (nSPS) is 10.5. The molecule has 0 bridgehead atoms. The van der Waals surface area contributed by atoms with E-state index in [1.54, 1.807) is 6.33 Å². The van der Waals surface area contributed by atoms with Crippen molar-refractivity contribution < 1.29 is 9.59 Å². The Morgan fingerprint density at radius 1 is 1.00 bits per heavy atom. The molecule has 28 heavy (non-hydrogen) atoms. The van der Waals surface area contributed by atoms with E-state index in [0.29, 0.717) is 5.16 Å². The fraction of sp³-hybridized carbons (Fsp3) is 0.200. The fourth-order valence-corrected chi connectivity index (χ4v) is 3.40. The third-order valence-electron chi connectivity index (χ3n) is 4.07. The molecule has 0 unspecified atom stereocenters. The number of para-hydroxylation sites is 2. The van der Waals surface area contributed by atoms with Crippen LogP contribution < -0.4 is 10.6 Å². The van der Waals surface area contributed by atoms with Gasteiger partial charge < -0.3 is 10.6 Å². The van der Waals surface area contributed by atoms with Gasteiger partial charge in [0, 0.05) is 11.4 Å². The average Bonchev–Trinajstić information content (AvgIpc) is 3.17. The molecule has 2 aromatic carbocycles. The molecule has 0 fully saturated rings. The summed E-state index contributed by atoms with van der Waals surface area (Å²) < 4.78 is 1.81. The molecule has 0 spiro atoms. The van der Waals surface area contributed by atoms with Gasteiger partial charge in [-0.2, -0.15) is 0 Å². The first-order valence-electron chi connectivity index (χ1n) is 8.75. The Labute approximate surface area is 167 Å². The second-order valence-corrected chi connectivity index (χ2v) is 7.14. The van der Waals surface area contributed by atoms with Gasteiger partial charge in [-0.25, -0.2) is 0 Å². The summed E-state index contributed by atoms with van der Waals surface area (Å²) in [4.78, 5) is 24.2. The minimum Gasteiger partial charge on any atom is -0.346 e. The summed E-state index contributed by atoms with van der Waals surface area (Å²) in [6.07, 6.45) is 1.60. The number of thioether (sulfide) groups is 1. The number of aryl methyl sites for hydroxylation is 2. The van der Waals surface area contributed by atoms with Gasteiger partial charge in [0.25, 0.3) is 0 Å². The van der Waals surface area contributed by atoms with Crippen LogP contribution in [0.15, 0.2) is 60.0 Å². The molecule has 144 valence electrons. The number of nitrogens with zero attached hydrogens (tertiary/aromatic N) is 3. The summed E-state index contributed by atoms with van der Waals surface area (Å²) in [6.45, 7) is 3.78. The molecule has 2 N–H and O–H groups in total. The zero-order valence-corrected chi connectivity index (χ0v) is 16.5. The van der Waals surface area contributed by atoms with E-state index in [2.05, 4.69) is 20.8 Å². The monoisotopic (exact) mass is 395 g/mol. The van der Waals surface area contributed by atoms with E-state index in [4.69, 9.17) is 0 Å². The number of benzene rings is 2. The van der Waals surface area contributed by atoms with E-state index >= 15 is 0 Å². The first-order valence-corrected chi connectivity index (χ1v) is 9.74. The van der Waals surface area contributed by atoms with E-state index in [1.807, 2.05) is 66.9 Å².